The molecule has 3 fully saturated rings. The summed E-state index contributed by atoms with van der Waals surface area (Å²) in [5.41, 5.74) is 0.557. The molecule has 6 nitrogen and oxygen atoms in total. The number of nitrogens with zero attached hydrogens (tertiary/aromatic N) is 2. The van der Waals surface area contributed by atoms with Gasteiger partial charge >= 0.3 is 6.36 Å². The van der Waals surface area contributed by atoms with Gasteiger partial charge in [0.2, 0.25) is 0 Å². The molecule has 0 spiro atoms. The smallest absolute Gasteiger partial charge is 0.406 e. The predicted molar refractivity (Wildman–Crippen MR) is 87.8 cm³/mol. The Bertz CT molecular complexity index is 812. The summed E-state index contributed by atoms with van der Waals surface area (Å²) >= 11 is 0. The van der Waals surface area contributed by atoms with Crippen LogP contribution in [0.15, 0.2) is 18.2 Å². The van der Waals surface area contributed by atoms with Gasteiger partial charge in [-0.15, -0.1) is 13.2 Å². The zero-order chi connectivity index (χ0) is 18.3. The number of benzene rings is 1. The number of carbonyl (C=O) groups excluding carboxylic acids is 1. The molecule has 2 aromatic rings. The zero-order valence-electron chi connectivity index (χ0n) is 14.0. The molecule has 1 amide bonds. The van der Waals surface area contributed by atoms with Crippen molar-refractivity contribution < 1.29 is 22.7 Å². The van der Waals surface area contributed by atoms with E-state index in [4.69, 9.17) is 0 Å². The minimum Gasteiger partial charge on any atom is -0.406 e. The Kier molecular flexibility index (Phi) is 4.26. The van der Waals surface area contributed by atoms with Crippen LogP contribution in [0.5, 0.6) is 5.75 Å². The van der Waals surface area contributed by atoms with Gasteiger partial charge in [-0.2, -0.15) is 5.10 Å². The van der Waals surface area contributed by atoms with Gasteiger partial charge in [0.15, 0.2) is 5.69 Å². The predicted octanol–water partition coefficient (Wildman–Crippen LogP) is 2.53. The molecule has 26 heavy (non-hydrogen) atoms. The molecule has 2 bridgehead atoms. The molecule has 9 heteroatoms. The third kappa shape index (κ3) is 3.48. The second-order valence-electron chi connectivity index (χ2n) is 6.94. The second kappa shape index (κ2) is 6.46. The summed E-state index contributed by atoms with van der Waals surface area (Å²) in [6, 6.07) is 3.77. The van der Waals surface area contributed by atoms with E-state index in [0.29, 0.717) is 29.3 Å². The van der Waals surface area contributed by atoms with Gasteiger partial charge in [-0.05, 0) is 56.0 Å². The Morgan fingerprint density at radius 2 is 2.12 bits per heavy atom. The van der Waals surface area contributed by atoms with Gasteiger partial charge in [0.25, 0.3) is 5.91 Å². The monoisotopic (exact) mass is 368 g/mol. The summed E-state index contributed by atoms with van der Waals surface area (Å²) in [5, 5.41) is 9.82. The van der Waals surface area contributed by atoms with Crippen molar-refractivity contribution in [3.05, 3.63) is 23.9 Å². The van der Waals surface area contributed by atoms with Crippen LogP contribution in [0.1, 0.15) is 23.3 Å². The van der Waals surface area contributed by atoms with Crippen molar-refractivity contribution in [3.8, 4) is 5.75 Å². The Morgan fingerprint density at radius 3 is 2.77 bits per heavy atom. The van der Waals surface area contributed by atoms with Crippen molar-refractivity contribution in [1.29, 1.82) is 0 Å². The van der Waals surface area contributed by atoms with Gasteiger partial charge in [0.05, 0.1) is 5.52 Å². The van der Waals surface area contributed by atoms with E-state index in [0.717, 1.165) is 32.5 Å². The van der Waals surface area contributed by atoms with Crippen LogP contribution in [0.2, 0.25) is 0 Å². The second-order valence-corrected chi connectivity index (χ2v) is 6.94. The molecule has 1 aromatic heterocycles. The number of rotatable bonds is 4. The number of H-pyrrole nitrogens is 1. The Balaban J connectivity index is 1.47. The molecule has 3 aliphatic heterocycles. The maximum atomic E-state index is 12.5. The fourth-order valence-corrected chi connectivity index (χ4v) is 3.99. The minimum absolute atomic E-state index is 0.0777. The van der Waals surface area contributed by atoms with E-state index < -0.39 is 12.3 Å². The summed E-state index contributed by atoms with van der Waals surface area (Å²) in [5.74, 6) is 0.272. The van der Waals surface area contributed by atoms with Crippen LogP contribution < -0.4 is 10.1 Å². The lowest BCUT2D eigenvalue weighted by molar-refractivity contribution is -0.274. The van der Waals surface area contributed by atoms with E-state index >= 15 is 0 Å². The van der Waals surface area contributed by atoms with Crippen molar-refractivity contribution in [2.24, 2.45) is 11.8 Å². The number of fused-ring (bicyclic) bond motifs is 4. The first kappa shape index (κ1) is 17.1. The van der Waals surface area contributed by atoms with Gasteiger partial charge < -0.3 is 15.0 Å². The number of nitrogens with one attached hydrogen (secondary N) is 2. The number of aromatic nitrogens is 2. The molecule has 4 heterocycles. The number of piperidine rings is 3. The number of alkyl halides is 3. The van der Waals surface area contributed by atoms with E-state index in [-0.39, 0.29) is 11.4 Å². The summed E-state index contributed by atoms with van der Waals surface area (Å²) < 4.78 is 41.1. The van der Waals surface area contributed by atoms with Gasteiger partial charge in [0.1, 0.15) is 5.75 Å². The van der Waals surface area contributed by atoms with E-state index in [9.17, 15) is 18.0 Å². The molecule has 2 N–H and O–H groups in total. The third-order valence-electron chi connectivity index (χ3n) is 5.30. The topological polar surface area (TPSA) is 70.2 Å². The lowest BCUT2D eigenvalue weighted by atomic mass is 9.79. The van der Waals surface area contributed by atoms with E-state index in [2.05, 4.69) is 25.2 Å². The number of ether oxygens (including phenoxy) is 1. The summed E-state index contributed by atoms with van der Waals surface area (Å²) in [6.07, 6.45) is -2.47. The Labute approximate surface area is 147 Å². The number of aromatic amines is 1. The quantitative estimate of drug-likeness (QED) is 0.870. The van der Waals surface area contributed by atoms with Gasteiger partial charge in [-0.3, -0.25) is 9.89 Å². The largest absolute Gasteiger partial charge is 0.573 e. The first-order valence-electron chi connectivity index (χ1n) is 8.63. The van der Waals surface area contributed by atoms with Crippen LogP contribution >= 0.6 is 0 Å². The van der Waals surface area contributed by atoms with Crippen LogP contribution in [-0.2, 0) is 0 Å². The van der Waals surface area contributed by atoms with Crippen LogP contribution in [-0.4, -0.2) is 53.5 Å². The van der Waals surface area contributed by atoms with Crippen LogP contribution in [0.3, 0.4) is 0 Å². The highest BCUT2D eigenvalue weighted by Crippen LogP contribution is 2.32. The van der Waals surface area contributed by atoms with Crippen molar-refractivity contribution >= 4 is 16.8 Å². The molecule has 0 radical (unpaired) electrons. The molecular weight excluding hydrogens is 349 g/mol. The van der Waals surface area contributed by atoms with Crippen LogP contribution in [0.4, 0.5) is 13.2 Å². The number of amides is 1. The van der Waals surface area contributed by atoms with Gasteiger partial charge in [-0.25, -0.2) is 0 Å². The first-order valence-corrected chi connectivity index (χ1v) is 8.63. The van der Waals surface area contributed by atoms with Crippen molar-refractivity contribution in [2.45, 2.75) is 19.2 Å². The van der Waals surface area contributed by atoms with Crippen molar-refractivity contribution in [1.82, 2.24) is 20.4 Å². The minimum atomic E-state index is -4.78. The van der Waals surface area contributed by atoms with Crippen LogP contribution in [0, 0.1) is 11.8 Å². The highest BCUT2D eigenvalue weighted by atomic mass is 19.4. The molecule has 0 aliphatic carbocycles. The highest BCUT2D eigenvalue weighted by Gasteiger charge is 2.34. The SMILES string of the molecule is O=C(NCC1CN2CCC1CC2)c1n[nH]c2ccc(OC(F)(F)F)cc12. The average molecular weight is 368 g/mol. The molecule has 1 unspecified atom stereocenters. The normalized spacial score (nSPS) is 25.4. The third-order valence-corrected chi connectivity index (χ3v) is 5.30. The average Bonchev–Trinajstić information content (AvgIpc) is 3.02. The first-order chi connectivity index (χ1) is 12.4. The maximum Gasteiger partial charge on any atom is 0.573 e. The van der Waals surface area contributed by atoms with E-state index in [1.54, 1.807) is 0 Å². The van der Waals surface area contributed by atoms with Gasteiger partial charge in [-0.1, -0.05) is 0 Å². The lowest BCUT2D eigenvalue weighted by Gasteiger charge is -2.44. The summed E-state index contributed by atoms with van der Waals surface area (Å²) in [4.78, 5) is 14.9. The molecule has 140 valence electrons. The molecule has 0 saturated carbocycles. The number of hydrogen-bond acceptors (Lipinski definition) is 4. The molecular formula is C17H19F3N4O2. The van der Waals surface area contributed by atoms with Gasteiger partial charge in [0, 0.05) is 18.5 Å². The Morgan fingerprint density at radius 1 is 1.35 bits per heavy atom. The summed E-state index contributed by atoms with van der Waals surface area (Å²) in [7, 11) is 0. The zero-order valence-corrected chi connectivity index (χ0v) is 14.0. The highest BCUT2D eigenvalue weighted by molar-refractivity contribution is 6.05. The fourth-order valence-electron chi connectivity index (χ4n) is 3.99. The molecule has 3 saturated heterocycles. The lowest BCUT2D eigenvalue weighted by Crippen LogP contribution is -2.50. The molecule has 1 atom stereocenters. The molecule has 3 aliphatic rings. The van der Waals surface area contributed by atoms with Crippen LogP contribution in [0.25, 0.3) is 10.9 Å². The maximum absolute atomic E-state index is 12.5. The Hall–Kier alpha value is -2.29. The summed E-state index contributed by atoms with van der Waals surface area (Å²) in [6.45, 7) is 3.78. The standard InChI is InChI=1S/C17H19F3N4O2/c18-17(19,20)26-12-1-2-14-13(7-12)15(23-22-14)16(25)21-8-11-9-24-5-3-10(11)4-6-24/h1-2,7,10-11H,3-6,8-9H2,(H,21,25)(H,22,23). The number of hydrogen-bond donors (Lipinski definition) is 2. The molecule has 5 rings (SSSR count). The van der Waals surface area contributed by atoms with Crippen molar-refractivity contribution in [3.63, 3.8) is 0 Å². The van der Waals surface area contributed by atoms with Crippen molar-refractivity contribution in [2.75, 3.05) is 26.2 Å². The molecule has 1 aromatic carbocycles. The van der Waals surface area contributed by atoms with E-state index in [1.807, 2.05) is 0 Å². The fraction of sp³-hybridized carbons (Fsp3) is 0.529. The number of halogens is 3. The van der Waals surface area contributed by atoms with E-state index in [1.165, 1.54) is 18.2 Å². The number of carbonyl (C=O) groups is 1.